The van der Waals surface area contributed by atoms with Gasteiger partial charge >= 0.3 is 7.82 Å². The minimum absolute atomic E-state index is 0.00467. The van der Waals surface area contributed by atoms with E-state index in [0.717, 1.165) is 17.7 Å². The van der Waals surface area contributed by atoms with Gasteiger partial charge in [-0.3, -0.25) is 13.6 Å². The Morgan fingerprint density at radius 1 is 1.16 bits per heavy atom. The summed E-state index contributed by atoms with van der Waals surface area (Å²) in [6.07, 6.45) is 3.23. The molecule has 0 radical (unpaired) electrons. The maximum absolute atomic E-state index is 15.7. The number of benzene rings is 2. The standard InChI is InChI=1S/C30H32F2N5O5PS/c1-20(27-36-26(14-44-27)22-8-6-21(13-33)7-9-22)30(16-37-18-34-17-35-37,24-11-10-23(31)12-25(24)32)39-19-40-43(38)41-28(2,3)15-29(4,5)42-43/h6-12,14,17-18,20H,15-16,19H2,1-5H3/t20?,30-/m1/s1. The van der Waals surface area contributed by atoms with Crippen LogP contribution in [-0.2, 0) is 35.0 Å². The van der Waals surface area contributed by atoms with Gasteiger partial charge in [-0.25, -0.2) is 28.0 Å². The highest BCUT2D eigenvalue weighted by atomic mass is 32.1. The molecule has 4 aromatic rings. The van der Waals surface area contributed by atoms with Crippen molar-refractivity contribution in [1.29, 1.82) is 5.26 Å². The number of nitrogens with zero attached hydrogens (tertiary/aromatic N) is 5. The van der Waals surface area contributed by atoms with Gasteiger partial charge in [0.1, 0.15) is 29.9 Å². The number of aromatic nitrogens is 4. The second-order valence-corrected chi connectivity index (χ2v) is 14.2. The lowest BCUT2D eigenvalue weighted by molar-refractivity contribution is -0.159. The lowest BCUT2D eigenvalue weighted by atomic mass is 9.81. The molecule has 1 aliphatic rings. The fourth-order valence-electron chi connectivity index (χ4n) is 5.59. The van der Waals surface area contributed by atoms with Crippen molar-refractivity contribution >= 4 is 19.2 Å². The van der Waals surface area contributed by atoms with E-state index in [2.05, 4.69) is 16.2 Å². The number of hydrogen-bond acceptors (Lipinski definition) is 10. The summed E-state index contributed by atoms with van der Waals surface area (Å²) in [4.78, 5) is 8.84. The number of thiazole rings is 1. The van der Waals surface area contributed by atoms with Gasteiger partial charge in [-0.1, -0.05) is 25.1 Å². The van der Waals surface area contributed by atoms with Gasteiger partial charge in [0.05, 0.1) is 40.1 Å². The van der Waals surface area contributed by atoms with Crippen LogP contribution < -0.4 is 0 Å². The molecule has 2 aromatic heterocycles. The van der Waals surface area contributed by atoms with Crippen LogP contribution in [0.5, 0.6) is 0 Å². The maximum atomic E-state index is 15.7. The average molecular weight is 644 g/mol. The molecule has 1 fully saturated rings. The zero-order chi connectivity index (χ0) is 31.8. The molecule has 14 heteroatoms. The van der Waals surface area contributed by atoms with Gasteiger partial charge in [0.25, 0.3) is 0 Å². The van der Waals surface area contributed by atoms with E-state index in [0.29, 0.717) is 22.7 Å². The van der Waals surface area contributed by atoms with Crippen LogP contribution in [0.4, 0.5) is 8.78 Å². The fraction of sp³-hybridized carbons (Fsp3) is 0.400. The quantitative estimate of drug-likeness (QED) is 0.129. The average Bonchev–Trinajstić information content (AvgIpc) is 3.63. The smallest absolute Gasteiger partial charge is 0.341 e. The maximum Gasteiger partial charge on any atom is 0.477 e. The van der Waals surface area contributed by atoms with Gasteiger partial charge in [0.2, 0.25) is 0 Å². The Morgan fingerprint density at radius 2 is 1.86 bits per heavy atom. The van der Waals surface area contributed by atoms with Crippen molar-refractivity contribution < 1.29 is 31.7 Å². The van der Waals surface area contributed by atoms with E-state index in [9.17, 15) is 8.96 Å². The number of nitriles is 1. The molecule has 10 nitrogen and oxygen atoms in total. The molecule has 232 valence electrons. The first-order valence-corrected chi connectivity index (χ1v) is 16.1. The molecule has 1 aliphatic heterocycles. The van der Waals surface area contributed by atoms with Gasteiger partial charge < -0.3 is 4.74 Å². The normalized spacial score (nSPS) is 19.1. The van der Waals surface area contributed by atoms with E-state index in [1.54, 1.807) is 58.9 Å². The molecule has 2 aromatic carbocycles. The molecule has 2 atom stereocenters. The first-order chi connectivity index (χ1) is 20.7. The Hall–Kier alpha value is -3.37. The lowest BCUT2D eigenvalue weighted by Crippen LogP contribution is -2.43. The second kappa shape index (κ2) is 12.2. The monoisotopic (exact) mass is 643 g/mol. The van der Waals surface area contributed by atoms with E-state index in [4.69, 9.17) is 28.6 Å². The van der Waals surface area contributed by atoms with Gasteiger partial charge in [-0.2, -0.15) is 10.4 Å². The van der Waals surface area contributed by atoms with Crippen molar-refractivity contribution in [3.05, 3.63) is 88.3 Å². The molecule has 0 aliphatic carbocycles. The number of phosphoric acid groups is 1. The Bertz CT molecular complexity index is 1690. The van der Waals surface area contributed by atoms with E-state index in [-0.39, 0.29) is 12.1 Å². The number of hydrogen-bond donors (Lipinski definition) is 0. The third-order valence-corrected chi connectivity index (χ3v) is 10.1. The highest BCUT2D eigenvalue weighted by Gasteiger charge is 2.50. The van der Waals surface area contributed by atoms with E-state index in [1.807, 2.05) is 5.38 Å². The molecule has 1 saturated heterocycles. The largest absolute Gasteiger partial charge is 0.477 e. The Balaban J connectivity index is 1.54. The molecule has 0 saturated carbocycles. The number of rotatable bonds is 10. The fourth-order valence-corrected chi connectivity index (χ4v) is 8.22. The molecule has 1 unspecified atom stereocenters. The van der Waals surface area contributed by atoms with Crippen LogP contribution >= 0.6 is 19.2 Å². The van der Waals surface area contributed by atoms with Crippen molar-refractivity contribution in [1.82, 2.24) is 19.7 Å². The van der Waals surface area contributed by atoms with Gasteiger partial charge in [-0.15, -0.1) is 11.3 Å². The van der Waals surface area contributed by atoms with Crippen molar-refractivity contribution in [2.45, 2.75) is 70.3 Å². The van der Waals surface area contributed by atoms with Crippen LogP contribution in [-0.4, -0.2) is 37.7 Å². The second-order valence-electron chi connectivity index (χ2n) is 11.8. The van der Waals surface area contributed by atoms with Crippen molar-refractivity contribution in [2.24, 2.45) is 0 Å². The number of ether oxygens (including phenoxy) is 1. The number of halogens is 2. The molecule has 0 N–H and O–H groups in total. The van der Waals surface area contributed by atoms with Crippen LogP contribution in [0.25, 0.3) is 11.3 Å². The first kappa shape index (κ1) is 32.0. The Labute approximate surface area is 258 Å². The van der Waals surface area contributed by atoms with E-state index in [1.165, 1.54) is 34.7 Å². The molecule has 0 spiro atoms. The van der Waals surface area contributed by atoms with Crippen LogP contribution in [0.3, 0.4) is 0 Å². The third-order valence-electron chi connectivity index (χ3n) is 7.25. The van der Waals surface area contributed by atoms with Crippen molar-refractivity contribution in [3.63, 3.8) is 0 Å². The SMILES string of the molecule is CC(c1nc(-c2ccc(C#N)cc2)cs1)[C@@](Cn1cncn1)(OCOP1(=O)OC(C)(C)CC(C)(C)O1)c1ccc(F)cc1F. The summed E-state index contributed by atoms with van der Waals surface area (Å²) in [7, 11) is -4.12. The minimum Gasteiger partial charge on any atom is -0.341 e. The van der Waals surface area contributed by atoms with Crippen LogP contribution in [0.2, 0.25) is 0 Å². The molecule has 0 amide bonds. The molecular formula is C30H32F2N5O5PS. The van der Waals surface area contributed by atoms with Gasteiger partial charge in [0.15, 0.2) is 6.79 Å². The first-order valence-electron chi connectivity index (χ1n) is 13.8. The predicted molar refractivity (Wildman–Crippen MR) is 158 cm³/mol. The molecule has 0 bridgehead atoms. The van der Waals surface area contributed by atoms with Crippen molar-refractivity contribution in [2.75, 3.05) is 6.79 Å². The highest BCUT2D eigenvalue weighted by molar-refractivity contribution is 7.48. The van der Waals surface area contributed by atoms with Crippen LogP contribution in [0.15, 0.2) is 60.5 Å². The molecule has 3 heterocycles. The zero-order valence-corrected chi connectivity index (χ0v) is 26.6. The Morgan fingerprint density at radius 3 is 2.48 bits per heavy atom. The molecule has 5 rings (SSSR count). The number of phosphoric ester groups is 1. The van der Waals surface area contributed by atoms with Crippen LogP contribution in [0.1, 0.15) is 63.1 Å². The Kier molecular flexibility index (Phi) is 8.88. The summed E-state index contributed by atoms with van der Waals surface area (Å²) in [5, 5.41) is 15.8. The summed E-state index contributed by atoms with van der Waals surface area (Å²) >= 11 is 1.32. The van der Waals surface area contributed by atoms with E-state index >= 15 is 4.39 Å². The van der Waals surface area contributed by atoms with Crippen LogP contribution in [0, 0.1) is 23.0 Å². The zero-order valence-electron chi connectivity index (χ0n) is 24.9. The minimum atomic E-state index is -4.12. The molecule has 44 heavy (non-hydrogen) atoms. The summed E-state index contributed by atoms with van der Waals surface area (Å²) in [6.45, 7) is 8.21. The van der Waals surface area contributed by atoms with Gasteiger partial charge in [0, 0.05) is 34.9 Å². The van der Waals surface area contributed by atoms with E-state index < -0.39 is 49.0 Å². The summed E-state index contributed by atoms with van der Waals surface area (Å²) < 4.78 is 68.5. The van der Waals surface area contributed by atoms with Crippen molar-refractivity contribution in [3.8, 4) is 17.3 Å². The topological polar surface area (TPSA) is 121 Å². The predicted octanol–water partition coefficient (Wildman–Crippen LogP) is 7.34. The third kappa shape index (κ3) is 6.96. The summed E-state index contributed by atoms with van der Waals surface area (Å²) in [6, 6.07) is 12.3. The molecular weight excluding hydrogens is 611 g/mol. The lowest BCUT2D eigenvalue weighted by Gasteiger charge is -2.43. The van der Waals surface area contributed by atoms with Gasteiger partial charge in [-0.05, 0) is 45.9 Å². The summed E-state index contributed by atoms with van der Waals surface area (Å²) in [5.41, 5.74) is -1.29. The highest BCUT2D eigenvalue weighted by Crippen LogP contribution is 2.61. The summed E-state index contributed by atoms with van der Waals surface area (Å²) in [5.74, 6) is -2.31.